The van der Waals surface area contributed by atoms with Crippen molar-refractivity contribution in [2.75, 3.05) is 26.7 Å². The molecule has 1 aromatic heterocycles. The number of piperidine rings is 1. The van der Waals surface area contributed by atoms with Gasteiger partial charge in [0.25, 0.3) is 0 Å². The predicted molar refractivity (Wildman–Crippen MR) is 80.2 cm³/mol. The summed E-state index contributed by atoms with van der Waals surface area (Å²) in [7, 11) is 1.77. The Hall–Kier alpha value is -0.940. The molecular formula is C16H27N3O2. The van der Waals surface area contributed by atoms with Crippen LogP contribution in [0.1, 0.15) is 69.5 Å². The third-order valence-corrected chi connectivity index (χ3v) is 5.05. The SMILES string of the molecule is CCCN1CCCC(c2nc(C3(OC)CCCC3)no2)C1. The van der Waals surface area contributed by atoms with Gasteiger partial charge in [0.2, 0.25) is 11.7 Å². The van der Waals surface area contributed by atoms with Crippen LogP contribution in [0.3, 0.4) is 0 Å². The molecule has 5 heteroatoms. The Bertz CT molecular complexity index is 452. The molecule has 0 spiro atoms. The first-order valence-corrected chi connectivity index (χ1v) is 8.39. The molecule has 0 N–H and O–H groups in total. The van der Waals surface area contributed by atoms with Crippen LogP contribution in [0.2, 0.25) is 0 Å². The molecule has 0 aromatic carbocycles. The summed E-state index contributed by atoms with van der Waals surface area (Å²) in [6, 6.07) is 0. The summed E-state index contributed by atoms with van der Waals surface area (Å²) >= 11 is 0. The second-order valence-corrected chi connectivity index (χ2v) is 6.50. The molecule has 1 atom stereocenters. The zero-order valence-corrected chi connectivity index (χ0v) is 13.3. The number of ether oxygens (including phenoxy) is 1. The molecule has 0 radical (unpaired) electrons. The molecule has 5 nitrogen and oxygen atoms in total. The predicted octanol–water partition coefficient (Wildman–Crippen LogP) is 3.07. The maximum absolute atomic E-state index is 5.75. The fourth-order valence-electron chi connectivity index (χ4n) is 3.83. The van der Waals surface area contributed by atoms with Gasteiger partial charge in [-0.15, -0.1) is 0 Å². The van der Waals surface area contributed by atoms with Crippen molar-refractivity contribution in [1.82, 2.24) is 15.0 Å². The highest BCUT2D eigenvalue weighted by Crippen LogP contribution is 2.40. The Morgan fingerprint density at radius 1 is 1.33 bits per heavy atom. The summed E-state index contributed by atoms with van der Waals surface area (Å²) in [6.45, 7) is 5.65. The van der Waals surface area contributed by atoms with E-state index in [1.807, 2.05) is 0 Å². The van der Waals surface area contributed by atoms with E-state index in [2.05, 4.69) is 17.0 Å². The molecule has 118 valence electrons. The van der Waals surface area contributed by atoms with Crippen LogP contribution in [-0.2, 0) is 10.3 Å². The maximum atomic E-state index is 5.75. The van der Waals surface area contributed by atoms with Gasteiger partial charge < -0.3 is 14.2 Å². The van der Waals surface area contributed by atoms with Gasteiger partial charge >= 0.3 is 0 Å². The Kier molecular flexibility index (Phi) is 4.60. The Morgan fingerprint density at radius 2 is 2.14 bits per heavy atom. The molecule has 1 saturated carbocycles. The zero-order chi connectivity index (χ0) is 14.7. The fraction of sp³-hybridized carbons (Fsp3) is 0.875. The van der Waals surface area contributed by atoms with Crippen molar-refractivity contribution in [3.05, 3.63) is 11.7 Å². The van der Waals surface area contributed by atoms with E-state index in [9.17, 15) is 0 Å². The maximum Gasteiger partial charge on any atom is 0.231 e. The molecule has 0 amide bonds. The molecule has 2 aliphatic rings. The topological polar surface area (TPSA) is 51.4 Å². The largest absolute Gasteiger partial charge is 0.370 e. The number of aromatic nitrogens is 2. The summed E-state index contributed by atoms with van der Waals surface area (Å²) in [5.74, 6) is 1.97. The van der Waals surface area contributed by atoms with Gasteiger partial charge in [0.1, 0.15) is 5.60 Å². The van der Waals surface area contributed by atoms with E-state index in [1.165, 1.54) is 38.8 Å². The Morgan fingerprint density at radius 3 is 2.86 bits per heavy atom. The molecule has 1 aliphatic carbocycles. The van der Waals surface area contributed by atoms with Gasteiger partial charge in [-0.05, 0) is 58.0 Å². The van der Waals surface area contributed by atoms with Crippen molar-refractivity contribution >= 4 is 0 Å². The van der Waals surface area contributed by atoms with Crippen LogP contribution in [0, 0.1) is 0 Å². The van der Waals surface area contributed by atoms with Crippen LogP contribution in [0.5, 0.6) is 0 Å². The monoisotopic (exact) mass is 293 g/mol. The molecule has 1 aliphatic heterocycles. The standard InChI is InChI=1S/C16H27N3O2/c1-3-10-19-11-6-7-13(12-19)14-17-15(18-21-14)16(20-2)8-4-5-9-16/h13H,3-12H2,1-2H3. The van der Waals surface area contributed by atoms with Crippen LogP contribution < -0.4 is 0 Å². The van der Waals surface area contributed by atoms with Crippen molar-refractivity contribution < 1.29 is 9.26 Å². The normalized spacial score (nSPS) is 26.3. The number of hydrogen-bond acceptors (Lipinski definition) is 5. The summed E-state index contributed by atoms with van der Waals surface area (Å²) in [6.07, 6.45) is 7.97. The van der Waals surface area contributed by atoms with Crippen molar-refractivity contribution in [2.24, 2.45) is 0 Å². The molecule has 1 aromatic rings. The molecule has 2 heterocycles. The highest BCUT2D eigenvalue weighted by Gasteiger charge is 2.41. The quantitative estimate of drug-likeness (QED) is 0.835. The van der Waals surface area contributed by atoms with E-state index in [4.69, 9.17) is 14.2 Å². The highest BCUT2D eigenvalue weighted by atomic mass is 16.5. The van der Waals surface area contributed by atoms with Crippen molar-refractivity contribution in [2.45, 2.75) is 63.4 Å². The van der Waals surface area contributed by atoms with Crippen molar-refractivity contribution in [3.8, 4) is 0 Å². The van der Waals surface area contributed by atoms with Crippen LogP contribution in [0.15, 0.2) is 4.52 Å². The minimum atomic E-state index is -0.292. The summed E-state index contributed by atoms with van der Waals surface area (Å²) in [4.78, 5) is 7.24. The van der Waals surface area contributed by atoms with Crippen molar-refractivity contribution in [1.29, 1.82) is 0 Å². The van der Waals surface area contributed by atoms with E-state index >= 15 is 0 Å². The van der Waals surface area contributed by atoms with Crippen LogP contribution in [0.4, 0.5) is 0 Å². The number of likely N-dealkylation sites (tertiary alicyclic amines) is 1. The highest BCUT2D eigenvalue weighted by molar-refractivity contribution is 5.07. The fourth-order valence-corrected chi connectivity index (χ4v) is 3.83. The van der Waals surface area contributed by atoms with Gasteiger partial charge in [-0.2, -0.15) is 4.98 Å². The third kappa shape index (κ3) is 2.99. The number of hydrogen-bond donors (Lipinski definition) is 0. The number of rotatable bonds is 5. The minimum absolute atomic E-state index is 0.292. The van der Waals surface area contributed by atoms with Crippen LogP contribution in [0.25, 0.3) is 0 Å². The molecule has 1 unspecified atom stereocenters. The van der Waals surface area contributed by atoms with E-state index < -0.39 is 0 Å². The van der Waals surface area contributed by atoms with Gasteiger partial charge in [-0.1, -0.05) is 12.1 Å². The van der Waals surface area contributed by atoms with E-state index in [-0.39, 0.29) is 5.60 Å². The third-order valence-electron chi connectivity index (χ3n) is 5.05. The van der Waals surface area contributed by atoms with E-state index in [0.717, 1.165) is 37.5 Å². The minimum Gasteiger partial charge on any atom is -0.370 e. The lowest BCUT2D eigenvalue weighted by Crippen LogP contribution is -2.35. The Labute approximate surface area is 127 Å². The Balaban J connectivity index is 1.72. The van der Waals surface area contributed by atoms with Gasteiger partial charge in [0, 0.05) is 13.7 Å². The van der Waals surface area contributed by atoms with Crippen LogP contribution in [-0.4, -0.2) is 41.8 Å². The van der Waals surface area contributed by atoms with Gasteiger partial charge in [0.05, 0.1) is 5.92 Å². The lowest BCUT2D eigenvalue weighted by Gasteiger charge is -2.30. The van der Waals surface area contributed by atoms with Gasteiger partial charge in [-0.3, -0.25) is 0 Å². The first kappa shape index (κ1) is 15.0. The number of methoxy groups -OCH3 is 1. The van der Waals surface area contributed by atoms with Gasteiger partial charge in [0.15, 0.2) is 0 Å². The molecule has 2 fully saturated rings. The summed E-state index contributed by atoms with van der Waals surface area (Å²) in [5, 5.41) is 4.26. The summed E-state index contributed by atoms with van der Waals surface area (Å²) < 4.78 is 11.4. The molecule has 0 bridgehead atoms. The van der Waals surface area contributed by atoms with E-state index in [1.54, 1.807) is 7.11 Å². The molecular weight excluding hydrogens is 266 g/mol. The van der Waals surface area contributed by atoms with Crippen molar-refractivity contribution in [3.63, 3.8) is 0 Å². The molecule has 1 saturated heterocycles. The first-order valence-electron chi connectivity index (χ1n) is 8.39. The molecule has 21 heavy (non-hydrogen) atoms. The smallest absolute Gasteiger partial charge is 0.231 e. The lowest BCUT2D eigenvalue weighted by molar-refractivity contribution is -0.0178. The molecule has 3 rings (SSSR count). The summed E-state index contributed by atoms with van der Waals surface area (Å²) in [5.41, 5.74) is -0.292. The lowest BCUT2D eigenvalue weighted by atomic mass is 9.97. The van der Waals surface area contributed by atoms with E-state index in [0.29, 0.717) is 5.92 Å². The number of nitrogens with zero attached hydrogens (tertiary/aromatic N) is 3. The average Bonchev–Trinajstić information content (AvgIpc) is 3.18. The first-order chi connectivity index (χ1) is 10.3. The second-order valence-electron chi connectivity index (χ2n) is 6.50. The zero-order valence-electron chi connectivity index (χ0n) is 13.3. The van der Waals surface area contributed by atoms with Gasteiger partial charge in [-0.25, -0.2) is 0 Å². The average molecular weight is 293 g/mol. The van der Waals surface area contributed by atoms with Crippen LogP contribution >= 0.6 is 0 Å². The second kappa shape index (κ2) is 6.44.